The first-order valence-corrected chi connectivity index (χ1v) is 15.4. The zero-order chi connectivity index (χ0) is 27.2. The van der Waals surface area contributed by atoms with Crippen LogP contribution >= 0.6 is 0 Å². The fraction of sp³-hybridized carbons (Fsp3) is 0.480. The lowest BCUT2D eigenvalue weighted by molar-refractivity contribution is -0.122. The quantitative estimate of drug-likeness (QED) is 0.423. The Bertz CT molecular complexity index is 1290. The summed E-state index contributed by atoms with van der Waals surface area (Å²) in [5.74, 6) is 0.0248. The fourth-order valence-corrected chi connectivity index (χ4v) is 6.64. The summed E-state index contributed by atoms with van der Waals surface area (Å²) >= 11 is 0. The summed E-state index contributed by atoms with van der Waals surface area (Å²) < 4.78 is 64.1. The van der Waals surface area contributed by atoms with Gasteiger partial charge in [0.2, 0.25) is 26.0 Å². The molecule has 1 aliphatic rings. The average Bonchev–Trinajstić information content (AvgIpc) is 2.87. The van der Waals surface area contributed by atoms with Crippen LogP contribution in [0.25, 0.3) is 0 Å². The van der Waals surface area contributed by atoms with Gasteiger partial charge in [0.15, 0.2) is 0 Å². The van der Waals surface area contributed by atoms with Gasteiger partial charge < -0.3 is 14.8 Å². The lowest BCUT2D eigenvalue weighted by Gasteiger charge is -2.30. The highest BCUT2D eigenvalue weighted by molar-refractivity contribution is 7.92. The highest BCUT2D eigenvalue weighted by Gasteiger charge is 2.31. The number of hydrogen-bond acceptors (Lipinski definition) is 7. The van der Waals surface area contributed by atoms with Crippen LogP contribution in [0.2, 0.25) is 0 Å². The lowest BCUT2D eigenvalue weighted by atomic mass is 10.1. The topological polar surface area (TPSA) is 122 Å². The Labute approximate surface area is 219 Å². The number of nitrogens with one attached hydrogen (secondary N) is 1. The van der Waals surface area contributed by atoms with Crippen molar-refractivity contribution in [2.45, 2.75) is 38.1 Å². The molecule has 10 nitrogen and oxygen atoms in total. The number of sulfonamides is 2. The van der Waals surface area contributed by atoms with Crippen LogP contribution in [0.15, 0.2) is 47.4 Å². The molecule has 1 amide bonds. The van der Waals surface area contributed by atoms with E-state index in [1.165, 1.54) is 16.4 Å². The van der Waals surface area contributed by atoms with E-state index in [4.69, 9.17) is 9.47 Å². The van der Waals surface area contributed by atoms with Crippen molar-refractivity contribution in [3.8, 4) is 5.75 Å². The molecule has 3 rings (SSSR count). The molecule has 1 aliphatic heterocycles. The number of benzene rings is 2. The molecule has 0 aliphatic carbocycles. The molecule has 37 heavy (non-hydrogen) atoms. The Morgan fingerprint density at radius 1 is 1.05 bits per heavy atom. The van der Waals surface area contributed by atoms with Crippen LogP contribution in [-0.2, 0) is 29.6 Å². The molecule has 12 heteroatoms. The number of hydrogen-bond donors (Lipinski definition) is 1. The number of morpholine rings is 1. The zero-order valence-electron chi connectivity index (χ0n) is 21.6. The Morgan fingerprint density at radius 3 is 2.27 bits per heavy atom. The molecule has 204 valence electrons. The third kappa shape index (κ3) is 7.22. The Kier molecular flexibility index (Phi) is 9.57. The van der Waals surface area contributed by atoms with E-state index < -0.39 is 32.0 Å². The molecule has 1 heterocycles. The molecule has 0 spiro atoms. The predicted octanol–water partition coefficient (Wildman–Crippen LogP) is 2.06. The second-order valence-electron chi connectivity index (χ2n) is 8.88. The maximum atomic E-state index is 13.0. The van der Waals surface area contributed by atoms with E-state index in [2.05, 4.69) is 5.32 Å². The van der Waals surface area contributed by atoms with E-state index in [0.29, 0.717) is 37.7 Å². The van der Waals surface area contributed by atoms with Crippen LogP contribution in [0.5, 0.6) is 5.75 Å². The van der Waals surface area contributed by atoms with E-state index >= 15 is 0 Å². The minimum Gasteiger partial charge on any atom is -0.492 e. The summed E-state index contributed by atoms with van der Waals surface area (Å²) in [6, 6.07) is 10.5. The molecule has 2 aromatic rings. The van der Waals surface area contributed by atoms with Gasteiger partial charge in [0, 0.05) is 13.1 Å². The molecule has 1 saturated heterocycles. The molecule has 0 aromatic heterocycles. The maximum Gasteiger partial charge on any atom is 0.244 e. The van der Waals surface area contributed by atoms with Crippen LogP contribution in [0.1, 0.15) is 24.5 Å². The van der Waals surface area contributed by atoms with Crippen molar-refractivity contribution in [3.05, 3.63) is 53.6 Å². The number of ether oxygens (including phenoxy) is 2. The first kappa shape index (κ1) is 28.9. The largest absolute Gasteiger partial charge is 0.492 e. The highest BCUT2D eigenvalue weighted by atomic mass is 32.2. The molecule has 0 unspecified atom stereocenters. The number of amides is 1. The summed E-state index contributed by atoms with van der Waals surface area (Å²) in [6.07, 6.45) is 1.37. The standard InChI is InChI=1S/C25H35N3O7S2/c1-5-24(28(36(4,30)31)21-7-6-19(2)20(3)18-21)25(29)26-12-15-35-22-8-10-23(11-9-22)37(32,33)27-13-16-34-17-14-27/h6-11,18,24H,5,12-17H2,1-4H3,(H,26,29)/t24-/m0/s1. The van der Waals surface area contributed by atoms with E-state index in [0.717, 1.165) is 21.7 Å². The number of carbonyl (C=O) groups excluding carboxylic acids is 1. The molecule has 0 saturated carbocycles. The van der Waals surface area contributed by atoms with Gasteiger partial charge in [0.1, 0.15) is 18.4 Å². The van der Waals surface area contributed by atoms with Gasteiger partial charge in [-0.2, -0.15) is 4.31 Å². The molecule has 1 fully saturated rings. The van der Waals surface area contributed by atoms with Gasteiger partial charge in [-0.25, -0.2) is 16.8 Å². The van der Waals surface area contributed by atoms with Crippen molar-refractivity contribution < 1.29 is 31.1 Å². The third-order valence-electron chi connectivity index (χ3n) is 6.18. The Hall–Kier alpha value is -2.67. The second-order valence-corrected chi connectivity index (χ2v) is 12.7. The number of rotatable bonds is 11. The van der Waals surface area contributed by atoms with Gasteiger partial charge in [-0.05, 0) is 67.8 Å². The van der Waals surface area contributed by atoms with Gasteiger partial charge in [-0.1, -0.05) is 13.0 Å². The summed E-state index contributed by atoms with van der Waals surface area (Å²) in [4.78, 5) is 13.1. The SMILES string of the molecule is CC[C@@H](C(=O)NCCOc1ccc(S(=O)(=O)N2CCOCC2)cc1)N(c1ccc(C)c(C)c1)S(C)(=O)=O. The first-order chi connectivity index (χ1) is 17.4. The van der Waals surface area contributed by atoms with E-state index in [9.17, 15) is 21.6 Å². The minimum absolute atomic E-state index is 0.125. The second kappa shape index (κ2) is 12.2. The molecule has 1 N–H and O–H groups in total. The normalized spacial score (nSPS) is 15.7. The third-order valence-corrected chi connectivity index (χ3v) is 9.27. The highest BCUT2D eigenvalue weighted by Crippen LogP contribution is 2.25. The summed E-state index contributed by atoms with van der Waals surface area (Å²) in [6.45, 7) is 7.24. The Balaban J connectivity index is 1.59. The van der Waals surface area contributed by atoms with Crippen molar-refractivity contribution in [1.29, 1.82) is 0 Å². The van der Waals surface area contributed by atoms with Crippen molar-refractivity contribution in [1.82, 2.24) is 9.62 Å². The number of carbonyl (C=O) groups is 1. The van der Waals surface area contributed by atoms with E-state index in [1.54, 1.807) is 31.2 Å². The Morgan fingerprint density at radius 2 is 1.70 bits per heavy atom. The van der Waals surface area contributed by atoms with Crippen molar-refractivity contribution >= 4 is 31.6 Å². The monoisotopic (exact) mass is 553 g/mol. The fourth-order valence-electron chi connectivity index (χ4n) is 4.03. The van der Waals surface area contributed by atoms with Gasteiger partial charge in [-0.15, -0.1) is 0 Å². The molecule has 0 radical (unpaired) electrons. The molecular weight excluding hydrogens is 518 g/mol. The van der Waals surface area contributed by atoms with Crippen LogP contribution in [0, 0.1) is 13.8 Å². The van der Waals surface area contributed by atoms with E-state index in [1.807, 2.05) is 19.9 Å². The molecule has 0 bridgehead atoms. The molecule has 1 atom stereocenters. The molecule has 2 aromatic carbocycles. The maximum absolute atomic E-state index is 13.0. The van der Waals surface area contributed by atoms with Crippen molar-refractivity contribution in [2.75, 3.05) is 50.0 Å². The van der Waals surface area contributed by atoms with Crippen LogP contribution in [0.4, 0.5) is 5.69 Å². The van der Waals surface area contributed by atoms with Gasteiger partial charge in [-0.3, -0.25) is 9.10 Å². The summed E-state index contributed by atoms with van der Waals surface area (Å²) in [7, 11) is -7.31. The number of aryl methyl sites for hydroxylation is 2. The summed E-state index contributed by atoms with van der Waals surface area (Å²) in [5, 5.41) is 2.75. The number of nitrogens with zero attached hydrogens (tertiary/aromatic N) is 2. The van der Waals surface area contributed by atoms with Gasteiger partial charge in [0.05, 0.1) is 36.6 Å². The van der Waals surface area contributed by atoms with Crippen LogP contribution in [0.3, 0.4) is 0 Å². The van der Waals surface area contributed by atoms with Crippen molar-refractivity contribution in [3.63, 3.8) is 0 Å². The first-order valence-electron chi connectivity index (χ1n) is 12.1. The number of anilines is 1. The van der Waals surface area contributed by atoms with Crippen molar-refractivity contribution in [2.24, 2.45) is 0 Å². The van der Waals surface area contributed by atoms with Crippen LogP contribution in [-0.4, -0.2) is 78.8 Å². The van der Waals surface area contributed by atoms with E-state index in [-0.39, 0.29) is 24.5 Å². The zero-order valence-corrected chi connectivity index (χ0v) is 23.3. The molecular formula is C25H35N3O7S2. The lowest BCUT2D eigenvalue weighted by Crippen LogP contribution is -2.50. The minimum atomic E-state index is -3.72. The van der Waals surface area contributed by atoms with Crippen LogP contribution < -0.4 is 14.4 Å². The van der Waals surface area contributed by atoms with Gasteiger partial charge >= 0.3 is 0 Å². The predicted molar refractivity (Wildman–Crippen MR) is 142 cm³/mol. The summed E-state index contributed by atoms with van der Waals surface area (Å²) in [5.41, 5.74) is 2.40. The average molecular weight is 554 g/mol. The van der Waals surface area contributed by atoms with Gasteiger partial charge in [0.25, 0.3) is 0 Å². The smallest absolute Gasteiger partial charge is 0.244 e.